The molecular weight excluding hydrogens is 200 g/mol. The van der Waals surface area contributed by atoms with Crippen molar-refractivity contribution in [1.82, 2.24) is 0 Å². The molecule has 1 aromatic carbocycles. The van der Waals surface area contributed by atoms with Crippen molar-refractivity contribution in [2.24, 2.45) is 0 Å². The lowest BCUT2D eigenvalue weighted by atomic mass is 9.99. The largest absolute Gasteiger partial charge is 0.478 e. The first-order valence-corrected chi connectivity index (χ1v) is 5.21. The van der Waals surface area contributed by atoms with Gasteiger partial charge >= 0.3 is 5.97 Å². The fraction of sp³-hybridized carbons (Fsp3) is 0.0714. The van der Waals surface area contributed by atoms with Crippen LogP contribution in [0.25, 0.3) is 11.6 Å². The Morgan fingerprint density at radius 3 is 2.81 bits per heavy atom. The number of carboxylic acid groups (broad SMARTS) is 1. The summed E-state index contributed by atoms with van der Waals surface area (Å²) < 4.78 is 0. The number of allylic oxidation sites excluding steroid dienone is 4. The van der Waals surface area contributed by atoms with Gasteiger partial charge in [0.1, 0.15) is 0 Å². The van der Waals surface area contributed by atoms with Gasteiger partial charge in [0, 0.05) is 12.0 Å². The molecule has 2 aliphatic rings. The van der Waals surface area contributed by atoms with Crippen molar-refractivity contribution < 1.29 is 9.90 Å². The van der Waals surface area contributed by atoms with Crippen LogP contribution in [0.4, 0.5) is 0 Å². The van der Waals surface area contributed by atoms with E-state index in [9.17, 15) is 9.90 Å². The van der Waals surface area contributed by atoms with Crippen molar-refractivity contribution in [2.45, 2.75) is 6.42 Å². The fourth-order valence-corrected chi connectivity index (χ4v) is 2.36. The van der Waals surface area contributed by atoms with Crippen LogP contribution in [0.5, 0.6) is 0 Å². The minimum atomic E-state index is -0.816. The van der Waals surface area contributed by atoms with Crippen molar-refractivity contribution in [3.8, 4) is 0 Å². The van der Waals surface area contributed by atoms with Crippen molar-refractivity contribution in [3.63, 3.8) is 0 Å². The third-order valence-corrected chi connectivity index (χ3v) is 3.05. The molecule has 0 unspecified atom stereocenters. The molecule has 0 bridgehead atoms. The zero-order chi connectivity index (χ0) is 11.1. The average molecular weight is 210 g/mol. The van der Waals surface area contributed by atoms with Gasteiger partial charge in [-0.05, 0) is 22.3 Å². The van der Waals surface area contributed by atoms with E-state index in [0.717, 1.165) is 22.3 Å². The minimum absolute atomic E-state index is 0.502. The standard InChI is InChI=1S/C14H10O2/c15-14(16)12-8-10-6-3-5-9-4-1-2-7-11(12)13(9)10/h1-7H,8H2,(H,15,16). The first-order chi connectivity index (χ1) is 7.77. The molecular formula is C14H10O2. The lowest BCUT2D eigenvalue weighted by Crippen LogP contribution is -2.00. The van der Waals surface area contributed by atoms with Crippen LogP contribution in [-0.2, 0) is 11.2 Å². The van der Waals surface area contributed by atoms with Crippen LogP contribution in [-0.4, -0.2) is 11.1 Å². The van der Waals surface area contributed by atoms with Crippen molar-refractivity contribution in [1.29, 1.82) is 0 Å². The quantitative estimate of drug-likeness (QED) is 0.773. The molecule has 0 atom stereocenters. The van der Waals surface area contributed by atoms with Crippen LogP contribution >= 0.6 is 0 Å². The van der Waals surface area contributed by atoms with E-state index in [1.54, 1.807) is 0 Å². The number of rotatable bonds is 1. The molecule has 2 aliphatic carbocycles. The molecule has 0 saturated carbocycles. The van der Waals surface area contributed by atoms with Gasteiger partial charge in [-0.3, -0.25) is 0 Å². The highest BCUT2D eigenvalue weighted by molar-refractivity contribution is 6.04. The predicted octanol–water partition coefficient (Wildman–Crippen LogP) is 2.66. The van der Waals surface area contributed by atoms with E-state index in [2.05, 4.69) is 0 Å². The number of carboxylic acids is 1. The van der Waals surface area contributed by atoms with Gasteiger partial charge in [0.05, 0.1) is 0 Å². The Balaban J connectivity index is 2.33. The van der Waals surface area contributed by atoms with Gasteiger partial charge in [-0.1, -0.05) is 42.5 Å². The highest BCUT2D eigenvalue weighted by Gasteiger charge is 2.26. The molecule has 0 aromatic heterocycles. The first kappa shape index (κ1) is 9.16. The van der Waals surface area contributed by atoms with Crippen LogP contribution in [0.2, 0.25) is 0 Å². The Morgan fingerprint density at radius 1 is 1.19 bits per heavy atom. The fourth-order valence-electron chi connectivity index (χ4n) is 2.36. The second-order valence-electron chi connectivity index (χ2n) is 3.97. The molecule has 0 heterocycles. The molecule has 2 nitrogen and oxygen atoms in total. The Kier molecular flexibility index (Phi) is 1.83. The van der Waals surface area contributed by atoms with E-state index in [4.69, 9.17) is 0 Å². The second kappa shape index (κ2) is 3.20. The molecule has 2 heteroatoms. The number of aliphatic carboxylic acids is 1. The summed E-state index contributed by atoms with van der Waals surface area (Å²) in [5.74, 6) is -0.816. The Bertz CT molecular complexity index is 574. The van der Waals surface area contributed by atoms with Crippen LogP contribution in [0.15, 0.2) is 42.0 Å². The highest BCUT2D eigenvalue weighted by atomic mass is 16.4. The number of benzene rings is 1. The molecule has 0 radical (unpaired) electrons. The number of hydrogen-bond acceptors (Lipinski definition) is 1. The van der Waals surface area contributed by atoms with Gasteiger partial charge in [-0.15, -0.1) is 0 Å². The van der Waals surface area contributed by atoms with Gasteiger partial charge in [0.25, 0.3) is 0 Å². The van der Waals surface area contributed by atoms with Crippen molar-refractivity contribution >= 4 is 17.6 Å². The maximum absolute atomic E-state index is 11.2. The van der Waals surface area contributed by atoms with Crippen molar-refractivity contribution in [3.05, 3.63) is 58.7 Å². The van der Waals surface area contributed by atoms with Gasteiger partial charge in [-0.25, -0.2) is 4.79 Å². The minimum Gasteiger partial charge on any atom is -0.478 e. The van der Waals surface area contributed by atoms with E-state index in [1.165, 1.54) is 0 Å². The maximum atomic E-state index is 11.2. The summed E-state index contributed by atoms with van der Waals surface area (Å²) in [7, 11) is 0. The molecule has 1 aromatic rings. The molecule has 78 valence electrons. The molecule has 1 N–H and O–H groups in total. The lowest BCUT2D eigenvalue weighted by molar-refractivity contribution is -0.132. The van der Waals surface area contributed by atoms with E-state index in [1.807, 2.05) is 42.5 Å². The van der Waals surface area contributed by atoms with Crippen LogP contribution < -0.4 is 0 Å². The van der Waals surface area contributed by atoms with Gasteiger partial charge < -0.3 is 5.11 Å². The second-order valence-corrected chi connectivity index (χ2v) is 3.97. The topological polar surface area (TPSA) is 37.3 Å². The monoisotopic (exact) mass is 210 g/mol. The zero-order valence-corrected chi connectivity index (χ0v) is 8.60. The summed E-state index contributed by atoms with van der Waals surface area (Å²) in [4.78, 5) is 11.2. The van der Waals surface area contributed by atoms with Gasteiger partial charge in [-0.2, -0.15) is 0 Å². The molecule has 3 rings (SSSR count). The maximum Gasteiger partial charge on any atom is 0.332 e. The molecule has 0 amide bonds. The Hall–Kier alpha value is -2.09. The van der Waals surface area contributed by atoms with Crippen molar-refractivity contribution in [2.75, 3.05) is 0 Å². The summed E-state index contributed by atoms with van der Waals surface area (Å²) in [6, 6.07) is 6.00. The summed E-state index contributed by atoms with van der Waals surface area (Å²) in [5, 5.41) is 9.18. The molecule has 0 fully saturated rings. The SMILES string of the molecule is O=C(O)C1=C2C=CC=Cc3cccc(c32)C1. The van der Waals surface area contributed by atoms with Crippen LogP contribution in [0, 0.1) is 0 Å². The molecule has 0 aliphatic heterocycles. The normalized spacial score (nSPS) is 16.2. The summed E-state index contributed by atoms with van der Waals surface area (Å²) in [6.45, 7) is 0. The predicted molar refractivity (Wildman–Crippen MR) is 62.9 cm³/mol. The Labute approximate surface area is 93.2 Å². The third-order valence-electron chi connectivity index (χ3n) is 3.05. The zero-order valence-electron chi connectivity index (χ0n) is 8.60. The average Bonchev–Trinajstić information content (AvgIpc) is 2.50. The molecule has 16 heavy (non-hydrogen) atoms. The van der Waals surface area contributed by atoms with E-state index >= 15 is 0 Å². The smallest absolute Gasteiger partial charge is 0.332 e. The summed E-state index contributed by atoms with van der Waals surface area (Å²) in [5.41, 5.74) is 4.67. The summed E-state index contributed by atoms with van der Waals surface area (Å²) >= 11 is 0. The molecule has 0 saturated heterocycles. The highest BCUT2D eigenvalue weighted by Crippen LogP contribution is 2.37. The van der Waals surface area contributed by atoms with Crippen LogP contribution in [0.3, 0.4) is 0 Å². The Morgan fingerprint density at radius 2 is 2.00 bits per heavy atom. The van der Waals surface area contributed by atoms with Crippen LogP contribution in [0.1, 0.15) is 16.7 Å². The summed E-state index contributed by atoms with van der Waals surface area (Å²) in [6.07, 6.45) is 8.29. The first-order valence-electron chi connectivity index (χ1n) is 5.21. The lowest BCUT2D eigenvalue weighted by Gasteiger charge is -2.04. The van der Waals surface area contributed by atoms with E-state index in [0.29, 0.717) is 12.0 Å². The number of carbonyl (C=O) groups is 1. The number of hydrogen-bond donors (Lipinski definition) is 1. The molecule has 0 spiro atoms. The van der Waals surface area contributed by atoms with E-state index < -0.39 is 5.97 Å². The van der Waals surface area contributed by atoms with Gasteiger partial charge in [0.2, 0.25) is 0 Å². The van der Waals surface area contributed by atoms with Gasteiger partial charge in [0.15, 0.2) is 0 Å². The van der Waals surface area contributed by atoms with E-state index in [-0.39, 0.29) is 0 Å². The third kappa shape index (κ3) is 1.16.